The Morgan fingerprint density at radius 3 is 2.80 bits per heavy atom. The van der Waals surface area contributed by atoms with Crippen LogP contribution in [0.4, 0.5) is 5.82 Å². The predicted octanol–water partition coefficient (Wildman–Crippen LogP) is 2.37. The highest BCUT2D eigenvalue weighted by Crippen LogP contribution is 2.18. The summed E-state index contributed by atoms with van der Waals surface area (Å²) in [5.74, 6) is -0.453. The summed E-state index contributed by atoms with van der Waals surface area (Å²) in [5, 5.41) is 12.5. The van der Waals surface area contributed by atoms with E-state index in [2.05, 4.69) is 22.1 Å². The van der Waals surface area contributed by atoms with Crippen LogP contribution in [-0.2, 0) is 0 Å². The summed E-state index contributed by atoms with van der Waals surface area (Å²) in [6.45, 7) is 7.07. The number of rotatable bonds is 5. The second kappa shape index (κ2) is 6.70. The Bertz CT molecular complexity index is 470. The van der Waals surface area contributed by atoms with Gasteiger partial charge in [0.2, 0.25) is 0 Å². The summed E-state index contributed by atoms with van der Waals surface area (Å²) in [4.78, 5) is 17.9. The molecule has 0 bridgehead atoms. The number of aromatic carboxylic acids is 1. The number of carboxylic acid groups (broad SMARTS) is 1. The molecule has 2 N–H and O–H groups in total. The lowest BCUT2D eigenvalue weighted by molar-refractivity contribution is 0.0696. The SMILES string of the molecule is Cc1ccnc(NC(C)CN2CCCCC2)c1C(=O)O. The summed E-state index contributed by atoms with van der Waals surface area (Å²) < 4.78 is 0. The average Bonchev–Trinajstić information content (AvgIpc) is 2.39. The minimum absolute atomic E-state index is 0.181. The van der Waals surface area contributed by atoms with E-state index in [-0.39, 0.29) is 11.6 Å². The fourth-order valence-corrected chi connectivity index (χ4v) is 2.75. The molecule has 1 fully saturated rings. The number of aryl methyl sites for hydroxylation is 1. The van der Waals surface area contributed by atoms with Crippen LogP contribution in [0.25, 0.3) is 0 Å². The molecular weight excluding hydrogens is 254 g/mol. The maximum Gasteiger partial charge on any atom is 0.339 e. The van der Waals surface area contributed by atoms with Gasteiger partial charge in [-0.05, 0) is 51.4 Å². The number of carbonyl (C=O) groups is 1. The second-order valence-electron chi connectivity index (χ2n) is 5.56. The number of anilines is 1. The van der Waals surface area contributed by atoms with Crippen LogP contribution < -0.4 is 5.32 Å². The Morgan fingerprint density at radius 2 is 2.15 bits per heavy atom. The van der Waals surface area contributed by atoms with Gasteiger partial charge in [-0.3, -0.25) is 0 Å². The summed E-state index contributed by atoms with van der Waals surface area (Å²) in [6, 6.07) is 1.91. The molecule has 5 heteroatoms. The van der Waals surface area contributed by atoms with Gasteiger partial charge in [-0.25, -0.2) is 9.78 Å². The monoisotopic (exact) mass is 277 g/mol. The number of nitrogens with one attached hydrogen (secondary N) is 1. The molecular formula is C15H23N3O2. The molecule has 0 radical (unpaired) electrons. The molecule has 0 saturated carbocycles. The molecule has 1 aliphatic heterocycles. The fourth-order valence-electron chi connectivity index (χ4n) is 2.75. The number of aromatic nitrogens is 1. The summed E-state index contributed by atoms with van der Waals surface area (Å²) in [5.41, 5.74) is 1.01. The molecule has 1 aliphatic rings. The standard InChI is InChI=1S/C15H23N3O2/c1-11-6-7-16-14(13(11)15(19)20)17-12(2)10-18-8-4-3-5-9-18/h6-7,12H,3-5,8-10H2,1-2H3,(H,16,17)(H,19,20). The van der Waals surface area contributed by atoms with Crippen LogP contribution in [-0.4, -0.2) is 46.6 Å². The molecule has 1 atom stereocenters. The largest absolute Gasteiger partial charge is 0.478 e. The van der Waals surface area contributed by atoms with E-state index in [0.29, 0.717) is 5.82 Å². The van der Waals surface area contributed by atoms with Gasteiger partial charge in [0.25, 0.3) is 0 Å². The van der Waals surface area contributed by atoms with E-state index < -0.39 is 5.97 Å². The van der Waals surface area contributed by atoms with E-state index >= 15 is 0 Å². The van der Waals surface area contributed by atoms with Crippen molar-refractivity contribution >= 4 is 11.8 Å². The number of hydrogen-bond donors (Lipinski definition) is 2. The molecule has 1 saturated heterocycles. The number of likely N-dealkylation sites (tertiary alicyclic amines) is 1. The minimum atomic E-state index is -0.928. The van der Waals surface area contributed by atoms with Gasteiger partial charge in [0.15, 0.2) is 0 Å². The zero-order valence-electron chi connectivity index (χ0n) is 12.2. The lowest BCUT2D eigenvalue weighted by atomic mass is 10.1. The molecule has 0 aliphatic carbocycles. The van der Waals surface area contributed by atoms with Crippen molar-refractivity contribution in [2.24, 2.45) is 0 Å². The Kier molecular flexibility index (Phi) is 4.95. The van der Waals surface area contributed by atoms with Gasteiger partial charge < -0.3 is 15.3 Å². The van der Waals surface area contributed by atoms with Gasteiger partial charge in [0.05, 0.1) is 0 Å². The molecule has 0 aromatic carbocycles. The van der Waals surface area contributed by atoms with Crippen molar-refractivity contribution < 1.29 is 9.90 Å². The molecule has 1 aromatic heterocycles. The minimum Gasteiger partial charge on any atom is -0.478 e. The van der Waals surface area contributed by atoms with Crippen molar-refractivity contribution in [1.82, 2.24) is 9.88 Å². The molecule has 5 nitrogen and oxygen atoms in total. The normalized spacial score (nSPS) is 17.7. The maximum absolute atomic E-state index is 11.3. The maximum atomic E-state index is 11.3. The molecule has 2 heterocycles. The number of nitrogens with zero attached hydrogens (tertiary/aromatic N) is 2. The Balaban J connectivity index is 2.01. The van der Waals surface area contributed by atoms with Crippen molar-refractivity contribution in [2.45, 2.75) is 39.2 Å². The number of hydrogen-bond acceptors (Lipinski definition) is 4. The van der Waals surface area contributed by atoms with Gasteiger partial charge >= 0.3 is 5.97 Å². The van der Waals surface area contributed by atoms with E-state index in [1.54, 1.807) is 19.2 Å². The summed E-state index contributed by atoms with van der Waals surface area (Å²) >= 11 is 0. The van der Waals surface area contributed by atoms with Crippen molar-refractivity contribution in [3.05, 3.63) is 23.4 Å². The lowest BCUT2D eigenvalue weighted by Gasteiger charge is -2.29. The predicted molar refractivity (Wildman–Crippen MR) is 79.3 cm³/mol. The van der Waals surface area contributed by atoms with Crippen LogP contribution in [0.15, 0.2) is 12.3 Å². The number of pyridine rings is 1. The zero-order chi connectivity index (χ0) is 14.5. The molecule has 0 amide bonds. The number of piperidine rings is 1. The Hall–Kier alpha value is -1.62. The highest BCUT2D eigenvalue weighted by Gasteiger charge is 2.18. The molecule has 1 aromatic rings. The second-order valence-corrected chi connectivity index (χ2v) is 5.56. The summed E-state index contributed by atoms with van der Waals surface area (Å²) in [6.07, 6.45) is 5.49. The van der Waals surface area contributed by atoms with Gasteiger partial charge in [-0.1, -0.05) is 6.42 Å². The Labute approximate surface area is 120 Å². The zero-order valence-corrected chi connectivity index (χ0v) is 12.2. The molecule has 20 heavy (non-hydrogen) atoms. The van der Waals surface area contributed by atoms with Crippen LogP contribution >= 0.6 is 0 Å². The van der Waals surface area contributed by atoms with Gasteiger partial charge in [0.1, 0.15) is 11.4 Å². The van der Waals surface area contributed by atoms with E-state index in [4.69, 9.17) is 0 Å². The average molecular weight is 277 g/mol. The van der Waals surface area contributed by atoms with Crippen LogP contribution in [0.2, 0.25) is 0 Å². The first-order chi connectivity index (χ1) is 9.58. The summed E-state index contributed by atoms with van der Waals surface area (Å²) in [7, 11) is 0. The Morgan fingerprint density at radius 1 is 1.45 bits per heavy atom. The van der Waals surface area contributed by atoms with Crippen molar-refractivity contribution in [3.63, 3.8) is 0 Å². The van der Waals surface area contributed by atoms with Gasteiger partial charge in [-0.2, -0.15) is 0 Å². The third kappa shape index (κ3) is 3.70. The van der Waals surface area contributed by atoms with Crippen LogP contribution in [0.3, 0.4) is 0 Å². The van der Waals surface area contributed by atoms with Gasteiger partial charge in [0, 0.05) is 18.8 Å². The quantitative estimate of drug-likeness (QED) is 0.865. The first-order valence-corrected chi connectivity index (χ1v) is 7.25. The molecule has 0 spiro atoms. The van der Waals surface area contributed by atoms with Crippen molar-refractivity contribution in [2.75, 3.05) is 25.0 Å². The van der Waals surface area contributed by atoms with Crippen LogP contribution in [0, 0.1) is 6.92 Å². The molecule has 2 rings (SSSR count). The molecule has 1 unspecified atom stereocenters. The fraction of sp³-hybridized carbons (Fsp3) is 0.600. The van der Waals surface area contributed by atoms with Gasteiger partial charge in [-0.15, -0.1) is 0 Å². The van der Waals surface area contributed by atoms with Crippen molar-refractivity contribution in [1.29, 1.82) is 0 Å². The highest BCUT2D eigenvalue weighted by molar-refractivity contribution is 5.94. The first kappa shape index (κ1) is 14.8. The van der Waals surface area contributed by atoms with E-state index in [0.717, 1.165) is 25.2 Å². The lowest BCUT2D eigenvalue weighted by Crippen LogP contribution is -2.38. The highest BCUT2D eigenvalue weighted by atomic mass is 16.4. The topological polar surface area (TPSA) is 65.5 Å². The first-order valence-electron chi connectivity index (χ1n) is 7.25. The van der Waals surface area contributed by atoms with E-state index in [1.165, 1.54) is 19.3 Å². The third-order valence-corrected chi connectivity index (χ3v) is 3.74. The van der Waals surface area contributed by atoms with E-state index in [1.807, 2.05) is 0 Å². The van der Waals surface area contributed by atoms with Crippen LogP contribution in [0.1, 0.15) is 42.1 Å². The smallest absolute Gasteiger partial charge is 0.339 e. The third-order valence-electron chi connectivity index (χ3n) is 3.74. The molecule has 110 valence electrons. The van der Waals surface area contributed by atoms with Crippen LogP contribution in [0.5, 0.6) is 0 Å². The van der Waals surface area contributed by atoms with Crippen molar-refractivity contribution in [3.8, 4) is 0 Å². The van der Waals surface area contributed by atoms with E-state index in [9.17, 15) is 9.90 Å². The number of carboxylic acids is 1.